The molecule has 10 nitrogen and oxygen atoms in total. The van der Waals surface area contributed by atoms with Crippen LogP contribution in [0, 0.1) is 0 Å². The Bertz CT molecular complexity index is 1520. The summed E-state index contributed by atoms with van der Waals surface area (Å²) in [6.07, 6.45) is -3.62. The molecule has 1 N–H and O–H groups in total. The van der Waals surface area contributed by atoms with Gasteiger partial charge < -0.3 is 24.4 Å². The fourth-order valence-corrected chi connectivity index (χ4v) is 6.30. The van der Waals surface area contributed by atoms with Gasteiger partial charge in [0, 0.05) is 5.56 Å². The molecule has 2 unspecified atom stereocenters. The average molecular weight is 692 g/mol. The summed E-state index contributed by atoms with van der Waals surface area (Å²) in [5.41, 5.74) is 1.65. The van der Waals surface area contributed by atoms with Crippen LogP contribution in [0.25, 0.3) is 0 Å². The molecule has 2 aliphatic heterocycles. The van der Waals surface area contributed by atoms with Gasteiger partial charge in [0.2, 0.25) is 15.8 Å². The van der Waals surface area contributed by atoms with E-state index in [1.807, 2.05) is 12.1 Å². The molecule has 4 atom stereocenters. The van der Waals surface area contributed by atoms with Crippen LogP contribution in [-0.2, 0) is 33.4 Å². The highest BCUT2D eigenvalue weighted by molar-refractivity contribution is 8.00. The highest BCUT2D eigenvalue weighted by atomic mass is 35.6. The minimum atomic E-state index is -1.90. The number of β-lactam (4-membered cyclic amide) rings is 1. The lowest BCUT2D eigenvalue weighted by molar-refractivity contribution is -0.170. The van der Waals surface area contributed by atoms with Crippen molar-refractivity contribution in [3.05, 3.63) is 108 Å². The van der Waals surface area contributed by atoms with Gasteiger partial charge >= 0.3 is 12.1 Å². The van der Waals surface area contributed by atoms with Crippen molar-refractivity contribution in [2.45, 2.75) is 33.5 Å². The zero-order valence-corrected chi connectivity index (χ0v) is 26.3. The summed E-state index contributed by atoms with van der Waals surface area (Å²) >= 11 is 18.0. The number of thioether (sulfide) groups is 1. The van der Waals surface area contributed by atoms with Crippen LogP contribution >= 0.6 is 46.6 Å². The predicted octanol–water partition coefficient (Wildman–Crippen LogP) is 4.92. The second-order valence-electron chi connectivity index (χ2n) is 10.0. The van der Waals surface area contributed by atoms with Crippen molar-refractivity contribution < 1.29 is 38.2 Å². The number of halogens is 3. The maximum Gasteiger partial charge on any atom is 0.509 e. The monoisotopic (exact) mass is 690 g/mol. The number of ketones is 1. The number of nitrogens with zero attached hydrogens (tertiary/aromatic N) is 1. The molecule has 0 spiro atoms. The first-order chi connectivity index (χ1) is 21.5. The molecule has 3 aromatic rings. The summed E-state index contributed by atoms with van der Waals surface area (Å²) < 4.78 is 14.0. The number of benzene rings is 3. The summed E-state index contributed by atoms with van der Waals surface area (Å²) in [6.45, 7) is -0.630. The van der Waals surface area contributed by atoms with E-state index >= 15 is 0 Å². The predicted molar refractivity (Wildman–Crippen MR) is 167 cm³/mol. The molecule has 14 heteroatoms. The van der Waals surface area contributed by atoms with Crippen molar-refractivity contribution in [1.29, 1.82) is 0 Å². The molecule has 234 valence electrons. The molecule has 45 heavy (non-hydrogen) atoms. The van der Waals surface area contributed by atoms with Gasteiger partial charge in [-0.2, -0.15) is 0 Å². The topological polar surface area (TPSA) is 128 Å². The fraction of sp³-hybridized carbons (Fsp3) is 0.258. The smallest absolute Gasteiger partial charge is 0.451 e. The van der Waals surface area contributed by atoms with Crippen LogP contribution in [0.1, 0.15) is 28.9 Å². The lowest BCUT2D eigenvalue weighted by atomic mass is 9.98. The molecule has 2 aliphatic rings. The number of hydrogen-bond acceptors (Lipinski definition) is 9. The Morgan fingerprint density at radius 3 is 1.91 bits per heavy atom. The van der Waals surface area contributed by atoms with Crippen molar-refractivity contribution >= 4 is 76.3 Å². The Morgan fingerprint density at radius 2 is 1.38 bits per heavy atom. The Balaban J connectivity index is 1.30. The van der Waals surface area contributed by atoms with E-state index in [9.17, 15) is 24.0 Å². The van der Waals surface area contributed by atoms with E-state index in [4.69, 9.17) is 49.0 Å². The van der Waals surface area contributed by atoms with Crippen LogP contribution in [-0.4, -0.2) is 68.2 Å². The standard InChI is InChI=1S/C31H25Cl3N2O8S/c32-31(33,34)17-42-30(41)44-25(20-14-8-3-9-15-20)26(38)35-22-27(39)36-23(21(37)16-45-28(22)36)29(40)43-24(18-10-4-1-5-11-18)19-12-6-2-7-13-19/h1-15,22-25,28H,16-17H2,(H,35,38)/t22-,23?,25?,28+/m1/s1. The Labute approximate surface area is 277 Å². The van der Waals surface area contributed by atoms with Gasteiger partial charge in [0.15, 0.2) is 17.9 Å². The number of alkyl halides is 3. The number of rotatable bonds is 9. The number of Topliss-reactive ketones (excluding diaryl/α,β-unsaturated/α-hetero) is 1. The van der Waals surface area contributed by atoms with Crippen LogP contribution in [0.15, 0.2) is 91.0 Å². The lowest BCUT2D eigenvalue weighted by Gasteiger charge is -2.51. The summed E-state index contributed by atoms with van der Waals surface area (Å²) in [6, 6.07) is 23.5. The largest absolute Gasteiger partial charge is 0.509 e. The van der Waals surface area contributed by atoms with E-state index < -0.39 is 69.8 Å². The second-order valence-corrected chi connectivity index (χ2v) is 13.6. The molecular formula is C31H25Cl3N2O8S. The van der Waals surface area contributed by atoms with Crippen LogP contribution in [0.2, 0.25) is 0 Å². The van der Waals surface area contributed by atoms with Gasteiger partial charge in [-0.05, 0) is 11.1 Å². The van der Waals surface area contributed by atoms with Crippen molar-refractivity contribution in [1.82, 2.24) is 10.2 Å². The van der Waals surface area contributed by atoms with E-state index in [1.54, 1.807) is 66.7 Å². The fourth-order valence-electron chi connectivity index (χ4n) is 4.88. The molecule has 3 aromatic carbocycles. The maximum atomic E-state index is 13.5. The van der Waals surface area contributed by atoms with Crippen LogP contribution in [0.5, 0.6) is 0 Å². The van der Waals surface area contributed by atoms with E-state index in [0.29, 0.717) is 11.1 Å². The van der Waals surface area contributed by atoms with Gasteiger partial charge in [0.05, 0.1) is 5.75 Å². The minimum Gasteiger partial charge on any atom is -0.451 e. The third-order valence-corrected chi connectivity index (χ3v) is 8.55. The molecule has 2 saturated heterocycles. The molecule has 2 amide bonds. The average Bonchev–Trinajstić information content (AvgIpc) is 3.04. The Morgan fingerprint density at radius 1 is 0.844 bits per heavy atom. The first-order valence-corrected chi connectivity index (χ1v) is 15.7. The molecule has 0 saturated carbocycles. The summed E-state index contributed by atoms with van der Waals surface area (Å²) in [7, 11) is 0. The molecule has 2 fully saturated rings. The number of carbonyl (C=O) groups excluding carboxylic acids is 5. The molecule has 0 bridgehead atoms. The third-order valence-electron chi connectivity index (χ3n) is 6.93. The SMILES string of the molecule is O=C(OCC(Cl)(Cl)Cl)OC(C(=O)N[C@@H]1C(=O)N2C(C(=O)OC(c3ccccc3)c3ccccc3)C(=O)CS[C@@H]12)c1ccccc1. The summed E-state index contributed by atoms with van der Waals surface area (Å²) in [4.78, 5) is 66.7. The maximum absolute atomic E-state index is 13.5. The van der Waals surface area contributed by atoms with Gasteiger partial charge in [-0.15, -0.1) is 11.8 Å². The van der Waals surface area contributed by atoms with Gasteiger partial charge in [-0.1, -0.05) is 126 Å². The van der Waals surface area contributed by atoms with Crippen molar-refractivity contribution in [3.8, 4) is 0 Å². The lowest BCUT2D eigenvalue weighted by Crippen LogP contribution is -2.76. The number of ether oxygens (including phenoxy) is 3. The summed E-state index contributed by atoms with van der Waals surface area (Å²) in [5.74, 6) is -2.98. The van der Waals surface area contributed by atoms with Gasteiger partial charge in [-0.3, -0.25) is 14.4 Å². The zero-order chi connectivity index (χ0) is 32.1. The molecule has 2 heterocycles. The van der Waals surface area contributed by atoms with Gasteiger partial charge in [0.25, 0.3) is 5.91 Å². The van der Waals surface area contributed by atoms with Crippen molar-refractivity contribution in [2.75, 3.05) is 12.4 Å². The van der Waals surface area contributed by atoms with Gasteiger partial charge in [-0.25, -0.2) is 9.59 Å². The van der Waals surface area contributed by atoms with E-state index in [-0.39, 0.29) is 11.3 Å². The number of nitrogens with one attached hydrogen (secondary N) is 1. The first-order valence-electron chi connectivity index (χ1n) is 13.6. The Kier molecular flexibility index (Phi) is 10.2. The third kappa shape index (κ3) is 7.73. The number of hydrogen-bond donors (Lipinski definition) is 1. The summed E-state index contributed by atoms with van der Waals surface area (Å²) in [5, 5.41) is 1.83. The zero-order valence-electron chi connectivity index (χ0n) is 23.2. The van der Waals surface area contributed by atoms with E-state index in [0.717, 1.165) is 16.7 Å². The number of amides is 2. The normalized spacial score (nSPS) is 20.0. The number of esters is 1. The van der Waals surface area contributed by atoms with E-state index in [2.05, 4.69) is 5.32 Å². The molecule has 0 aliphatic carbocycles. The first kappa shape index (κ1) is 32.6. The van der Waals surface area contributed by atoms with E-state index in [1.165, 1.54) is 12.1 Å². The minimum absolute atomic E-state index is 0.0934. The number of fused-ring (bicyclic) bond motifs is 1. The molecule has 5 rings (SSSR count). The Hall–Kier alpha value is -3.77. The van der Waals surface area contributed by atoms with Crippen molar-refractivity contribution in [3.63, 3.8) is 0 Å². The highest BCUT2D eigenvalue weighted by Gasteiger charge is 2.58. The second kappa shape index (κ2) is 14.1. The highest BCUT2D eigenvalue weighted by Crippen LogP contribution is 2.39. The molecular weight excluding hydrogens is 667 g/mol. The quantitative estimate of drug-likeness (QED) is 0.144. The van der Waals surface area contributed by atoms with Crippen LogP contribution in [0.3, 0.4) is 0 Å². The van der Waals surface area contributed by atoms with Crippen LogP contribution < -0.4 is 5.32 Å². The van der Waals surface area contributed by atoms with Gasteiger partial charge in [0.1, 0.15) is 18.0 Å². The number of carbonyl (C=O) groups is 5. The van der Waals surface area contributed by atoms with Crippen molar-refractivity contribution in [2.24, 2.45) is 0 Å². The van der Waals surface area contributed by atoms with Crippen LogP contribution in [0.4, 0.5) is 4.79 Å². The molecule has 0 radical (unpaired) electrons. The molecule has 0 aromatic heterocycles.